The summed E-state index contributed by atoms with van der Waals surface area (Å²) in [5.41, 5.74) is 0.737. The van der Waals surface area contributed by atoms with E-state index in [1.807, 2.05) is 5.38 Å². The summed E-state index contributed by atoms with van der Waals surface area (Å²) in [5, 5.41) is 9.30. The van der Waals surface area contributed by atoms with Crippen LogP contribution in [-0.4, -0.2) is 35.6 Å². The quantitative estimate of drug-likeness (QED) is 0.751. The van der Waals surface area contributed by atoms with Crippen molar-refractivity contribution in [1.82, 2.24) is 15.3 Å². The van der Waals surface area contributed by atoms with Gasteiger partial charge >= 0.3 is 0 Å². The van der Waals surface area contributed by atoms with Gasteiger partial charge in [0.2, 0.25) is 5.91 Å². The van der Waals surface area contributed by atoms with E-state index in [1.165, 1.54) is 11.3 Å². The number of halogens is 1. The summed E-state index contributed by atoms with van der Waals surface area (Å²) in [7, 11) is 1.66. The fourth-order valence-corrected chi connectivity index (χ4v) is 3.23. The number of hydrogen-bond donors (Lipinski definition) is 2. The van der Waals surface area contributed by atoms with E-state index in [9.17, 15) is 4.79 Å². The third-order valence-electron chi connectivity index (χ3n) is 3.74. The number of nitrogens with one attached hydrogen (secondary N) is 2. The Kier molecular flexibility index (Phi) is 5.65. The van der Waals surface area contributed by atoms with E-state index in [2.05, 4.69) is 20.6 Å². The molecule has 1 fully saturated rings. The maximum atomic E-state index is 12.2. The first-order valence-electron chi connectivity index (χ1n) is 7.75. The van der Waals surface area contributed by atoms with Crippen molar-refractivity contribution in [2.24, 2.45) is 5.92 Å². The second kappa shape index (κ2) is 7.92. The van der Waals surface area contributed by atoms with E-state index in [1.54, 1.807) is 25.4 Å². The molecule has 1 aliphatic carbocycles. The molecule has 0 radical (unpaired) electrons. The predicted molar refractivity (Wildman–Crippen MR) is 94.9 cm³/mol. The van der Waals surface area contributed by atoms with E-state index in [4.69, 9.17) is 16.3 Å². The summed E-state index contributed by atoms with van der Waals surface area (Å²) in [5.74, 6) is 1.20. The largest absolute Gasteiger partial charge is 0.383 e. The Bertz CT molecular complexity index is 688. The van der Waals surface area contributed by atoms with E-state index < -0.39 is 0 Å². The molecule has 1 amide bonds. The van der Waals surface area contributed by atoms with Gasteiger partial charge in [-0.2, -0.15) is 0 Å². The lowest BCUT2D eigenvalue weighted by Crippen LogP contribution is -2.40. The van der Waals surface area contributed by atoms with Crippen molar-refractivity contribution in [3.63, 3.8) is 0 Å². The first-order valence-corrected chi connectivity index (χ1v) is 9.01. The third kappa shape index (κ3) is 4.90. The summed E-state index contributed by atoms with van der Waals surface area (Å²) >= 11 is 7.25. The molecule has 6 nitrogen and oxygen atoms in total. The number of ether oxygens (including phenoxy) is 1. The number of thiazole rings is 1. The van der Waals surface area contributed by atoms with Gasteiger partial charge in [-0.1, -0.05) is 11.6 Å². The van der Waals surface area contributed by atoms with Crippen molar-refractivity contribution in [3.05, 3.63) is 34.4 Å². The minimum absolute atomic E-state index is 0.0228. The summed E-state index contributed by atoms with van der Waals surface area (Å²) < 4.78 is 5.18. The van der Waals surface area contributed by atoms with Crippen LogP contribution >= 0.6 is 22.9 Å². The highest BCUT2D eigenvalue weighted by atomic mass is 35.5. The van der Waals surface area contributed by atoms with Crippen LogP contribution in [0, 0.1) is 5.92 Å². The molecule has 8 heteroatoms. The van der Waals surface area contributed by atoms with Gasteiger partial charge in [-0.3, -0.25) is 4.79 Å². The number of nitrogens with zero attached hydrogens (tertiary/aromatic N) is 2. The van der Waals surface area contributed by atoms with Crippen molar-refractivity contribution in [1.29, 1.82) is 0 Å². The molecule has 2 aromatic heterocycles. The molecule has 0 bridgehead atoms. The predicted octanol–water partition coefficient (Wildman–Crippen LogP) is 3.02. The van der Waals surface area contributed by atoms with Crippen molar-refractivity contribution >= 4 is 39.8 Å². The van der Waals surface area contributed by atoms with Gasteiger partial charge in [0.25, 0.3) is 0 Å². The molecule has 0 aliphatic heterocycles. The van der Waals surface area contributed by atoms with E-state index >= 15 is 0 Å². The zero-order valence-electron chi connectivity index (χ0n) is 13.3. The highest BCUT2D eigenvalue weighted by molar-refractivity contribution is 7.13. The average Bonchev–Trinajstić information content (AvgIpc) is 3.31. The number of aromatic nitrogens is 2. The van der Waals surface area contributed by atoms with Crippen LogP contribution in [-0.2, 0) is 16.0 Å². The molecule has 2 heterocycles. The third-order valence-corrected chi connectivity index (χ3v) is 4.77. The lowest BCUT2D eigenvalue weighted by molar-refractivity contribution is -0.121. The molecule has 1 saturated carbocycles. The van der Waals surface area contributed by atoms with Crippen LogP contribution in [0.1, 0.15) is 18.5 Å². The van der Waals surface area contributed by atoms with Crippen LogP contribution in [0.15, 0.2) is 23.7 Å². The number of pyridine rings is 1. The Morgan fingerprint density at radius 1 is 1.50 bits per heavy atom. The van der Waals surface area contributed by atoms with Crippen molar-refractivity contribution in [2.75, 3.05) is 19.0 Å². The van der Waals surface area contributed by atoms with Crippen molar-refractivity contribution in [3.8, 4) is 0 Å². The van der Waals surface area contributed by atoms with Gasteiger partial charge in [-0.05, 0) is 30.9 Å². The maximum Gasteiger partial charge on any atom is 0.226 e. The fraction of sp³-hybridized carbons (Fsp3) is 0.438. The van der Waals surface area contributed by atoms with Crippen LogP contribution in [0.3, 0.4) is 0 Å². The minimum atomic E-state index is -0.0228. The average molecular weight is 367 g/mol. The molecule has 1 aliphatic rings. The van der Waals surface area contributed by atoms with Crippen LogP contribution in [0.25, 0.3) is 0 Å². The van der Waals surface area contributed by atoms with Gasteiger partial charge in [0.15, 0.2) is 5.13 Å². The van der Waals surface area contributed by atoms with Crippen LogP contribution in [0.4, 0.5) is 10.9 Å². The first-order chi connectivity index (χ1) is 11.6. The maximum absolute atomic E-state index is 12.2. The smallest absolute Gasteiger partial charge is 0.226 e. The van der Waals surface area contributed by atoms with E-state index in [-0.39, 0.29) is 18.4 Å². The number of amides is 1. The van der Waals surface area contributed by atoms with E-state index in [0.717, 1.165) is 18.5 Å². The summed E-state index contributed by atoms with van der Waals surface area (Å²) in [4.78, 5) is 20.8. The standard InChI is InChI=1S/C16H19ClN4O2S/c1-23-8-13(10-2-3-10)20-15(22)6-12-9-24-16(19-12)21-14-5-4-11(17)7-18-14/h4-5,7,9-10,13H,2-3,6,8H2,1H3,(H,20,22)(H,18,19,21). The highest BCUT2D eigenvalue weighted by Crippen LogP contribution is 2.32. The SMILES string of the molecule is COCC(NC(=O)Cc1csc(Nc2ccc(Cl)cn2)n1)C1CC1. The van der Waals surface area contributed by atoms with Gasteiger partial charge < -0.3 is 15.4 Å². The molecule has 24 heavy (non-hydrogen) atoms. The summed E-state index contributed by atoms with van der Waals surface area (Å²) in [6.45, 7) is 0.558. The van der Waals surface area contributed by atoms with E-state index in [0.29, 0.717) is 28.5 Å². The van der Waals surface area contributed by atoms with Crippen LogP contribution < -0.4 is 10.6 Å². The lowest BCUT2D eigenvalue weighted by Gasteiger charge is -2.16. The Labute approximate surface area is 149 Å². The zero-order valence-corrected chi connectivity index (χ0v) is 14.9. The topological polar surface area (TPSA) is 76.1 Å². The molecule has 2 N–H and O–H groups in total. The number of rotatable bonds is 8. The first kappa shape index (κ1) is 17.1. The second-order valence-electron chi connectivity index (χ2n) is 5.77. The van der Waals surface area contributed by atoms with Crippen molar-refractivity contribution < 1.29 is 9.53 Å². The number of hydrogen-bond acceptors (Lipinski definition) is 6. The van der Waals surface area contributed by atoms with Crippen LogP contribution in [0.2, 0.25) is 5.02 Å². The molecular formula is C16H19ClN4O2S. The molecule has 1 unspecified atom stereocenters. The van der Waals surface area contributed by atoms with Crippen LogP contribution in [0.5, 0.6) is 0 Å². The summed E-state index contributed by atoms with van der Waals surface area (Å²) in [6, 6.07) is 3.64. The van der Waals surface area contributed by atoms with Crippen molar-refractivity contribution in [2.45, 2.75) is 25.3 Å². The Morgan fingerprint density at radius 2 is 2.33 bits per heavy atom. The summed E-state index contributed by atoms with van der Waals surface area (Å²) in [6.07, 6.45) is 4.15. The molecule has 0 spiro atoms. The zero-order chi connectivity index (χ0) is 16.9. The Morgan fingerprint density at radius 3 is 3.00 bits per heavy atom. The Balaban J connectivity index is 1.53. The van der Waals surface area contributed by atoms with Gasteiger partial charge in [0.05, 0.1) is 29.8 Å². The normalized spacial score (nSPS) is 15.1. The number of anilines is 2. The highest BCUT2D eigenvalue weighted by Gasteiger charge is 2.32. The molecule has 128 valence electrons. The lowest BCUT2D eigenvalue weighted by atomic mass is 10.2. The molecule has 2 aromatic rings. The number of carbonyl (C=O) groups is 1. The monoisotopic (exact) mass is 366 g/mol. The fourth-order valence-electron chi connectivity index (χ4n) is 2.40. The van der Waals surface area contributed by atoms with Gasteiger partial charge in [0, 0.05) is 18.7 Å². The number of carbonyl (C=O) groups excluding carboxylic acids is 1. The minimum Gasteiger partial charge on any atom is -0.383 e. The second-order valence-corrected chi connectivity index (χ2v) is 7.07. The molecule has 0 saturated heterocycles. The van der Waals surface area contributed by atoms with Gasteiger partial charge in [0.1, 0.15) is 5.82 Å². The Hall–Kier alpha value is -1.70. The molecule has 3 rings (SSSR count). The van der Waals surface area contributed by atoms with Gasteiger partial charge in [-0.15, -0.1) is 11.3 Å². The molecular weight excluding hydrogens is 348 g/mol. The molecule has 0 aromatic carbocycles. The number of methoxy groups -OCH3 is 1. The molecule has 1 atom stereocenters. The van der Waals surface area contributed by atoms with Gasteiger partial charge in [-0.25, -0.2) is 9.97 Å².